The Morgan fingerprint density at radius 1 is 1.55 bits per heavy atom. The molecule has 0 aliphatic carbocycles. The summed E-state index contributed by atoms with van der Waals surface area (Å²) >= 11 is 0. The lowest BCUT2D eigenvalue weighted by Crippen LogP contribution is -2.34. The molecule has 0 aromatic carbocycles. The van der Waals surface area contributed by atoms with Crippen molar-refractivity contribution in [3.05, 3.63) is 0 Å². The van der Waals surface area contributed by atoms with Crippen LogP contribution in [0.1, 0.15) is 27.2 Å². The van der Waals surface area contributed by atoms with Crippen LogP contribution in [-0.2, 0) is 4.79 Å². The molecule has 0 bridgehead atoms. The smallest absolute Gasteiger partial charge is 0.221 e. The van der Waals surface area contributed by atoms with E-state index in [0.717, 1.165) is 0 Å². The Morgan fingerprint density at radius 2 is 2.09 bits per heavy atom. The molecule has 1 unspecified atom stereocenters. The van der Waals surface area contributed by atoms with Gasteiger partial charge < -0.3 is 11.1 Å². The van der Waals surface area contributed by atoms with E-state index in [4.69, 9.17) is 5.73 Å². The predicted molar refractivity (Wildman–Crippen MR) is 46.1 cm³/mol. The average molecular weight is 158 g/mol. The van der Waals surface area contributed by atoms with Crippen LogP contribution in [0.15, 0.2) is 0 Å². The highest BCUT2D eigenvalue weighted by molar-refractivity contribution is 5.76. The number of carbonyl (C=O) groups is 1. The third kappa shape index (κ3) is 4.79. The fourth-order valence-corrected chi connectivity index (χ4v) is 0.719. The highest BCUT2D eigenvalue weighted by Gasteiger charge is 2.11. The van der Waals surface area contributed by atoms with E-state index in [0.29, 0.717) is 18.9 Å². The van der Waals surface area contributed by atoms with Crippen molar-refractivity contribution in [1.29, 1.82) is 0 Å². The summed E-state index contributed by atoms with van der Waals surface area (Å²) < 4.78 is 0. The number of hydrogen-bond donors (Lipinski definition) is 2. The summed E-state index contributed by atoms with van der Waals surface area (Å²) in [6, 6.07) is -0.0125. The molecule has 0 rings (SSSR count). The Hall–Kier alpha value is -0.570. The van der Waals surface area contributed by atoms with Gasteiger partial charge in [0.25, 0.3) is 0 Å². The Labute approximate surface area is 68.3 Å². The zero-order valence-electron chi connectivity index (χ0n) is 7.55. The van der Waals surface area contributed by atoms with E-state index in [1.165, 1.54) is 0 Å². The lowest BCUT2D eigenvalue weighted by Gasteiger charge is -2.14. The number of nitrogens with two attached hydrogens (primary N) is 1. The molecule has 0 aromatic rings. The van der Waals surface area contributed by atoms with Gasteiger partial charge in [0.15, 0.2) is 0 Å². The van der Waals surface area contributed by atoms with E-state index < -0.39 is 0 Å². The minimum atomic E-state index is -0.0125. The van der Waals surface area contributed by atoms with Gasteiger partial charge in [0, 0.05) is 19.0 Å². The van der Waals surface area contributed by atoms with Gasteiger partial charge in [0.05, 0.1) is 0 Å². The lowest BCUT2D eigenvalue weighted by molar-refractivity contribution is -0.121. The van der Waals surface area contributed by atoms with Crippen LogP contribution < -0.4 is 11.1 Å². The summed E-state index contributed by atoms with van der Waals surface area (Å²) in [5.41, 5.74) is 5.69. The largest absolute Gasteiger partial charge is 0.356 e. The summed E-state index contributed by atoms with van der Waals surface area (Å²) in [5.74, 6) is 0.423. The Kier molecular flexibility index (Phi) is 4.86. The third-order valence-electron chi connectivity index (χ3n) is 1.65. The first-order chi connectivity index (χ1) is 5.07. The molecule has 11 heavy (non-hydrogen) atoms. The summed E-state index contributed by atoms with van der Waals surface area (Å²) in [6.07, 6.45) is 0.436. The first-order valence-corrected chi connectivity index (χ1v) is 4.10. The van der Waals surface area contributed by atoms with Crippen LogP contribution in [0.3, 0.4) is 0 Å². The van der Waals surface area contributed by atoms with Crippen molar-refractivity contribution in [2.45, 2.75) is 33.2 Å². The summed E-state index contributed by atoms with van der Waals surface area (Å²) in [4.78, 5) is 11.0. The summed E-state index contributed by atoms with van der Waals surface area (Å²) in [7, 11) is 0. The van der Waals surface area contributed by atoms with Crippen LogP contribution in [0.25, 0.3) is 0 Å². The first-order valence-electron chi connectivity index (χ1n) is 4.10. The minimum Gasteiger partial charge on any atom is -0.356 e. The number of hydrogen-bond acceptors (Lipinski definition) is 2. The van der Waals surface area contributed by atoms with Crippen LogP contribution in [0.2, 0.25) is 0 Å². The van der Waals surface area contributed by atoms with E-state index in [1.54, 1.807) is 0 Å². The average Bonchev–Trinajstić information content (AvgIpc) is 1.87. The number of rotatable bonds is 4. The molecule has 3 N–H and O–H groups in total. The van der Waals surface area contributed by atoms with Crippen molar-refractivity contribution in [3.8, 4) is 0 Å². The third-order valence-corrected chi connectivity index (χ3v) is 1.65. The molecule has 0 saturated carbocycles. The molecular weight excluding hydrogens is 140 g/mol. The molecule has 66 valence electrons. The van der Waals surface area contributed by atoms with E-state index in [-0.39, 0.29) is 11.9 Å². The standard InChI is InChI=1S/C8H18N2O/c1-4-10-8(11)5-7(9)6(2)3/h6-7H,4-5,9H2,1-3H3,(H,10,11). The van der Waals surface area contributed by atoms with Gasteiger partial charge in [-0.05, 0) is 12.8 Å². The number of nitrogens with one attached hydrogen (secondary N) is 1. The molecular formula is C8H18N2O. The first kappa shape index (κ1) is 10.4. The quantitative estimate of drug-likeness (QED) is 0.626. The fourth-order valence-electron chi connectivity index (χ4n) is 0.719. The summed E-state index contributed by atoms with van der Waals surface area (Å²) in [6.45, 7) is 6.62. The molecule has 3 heteroatoms. The van der Waals surface area contributed by atoms with Crippen molar-refractivity contribution in [3.63, 3.8) is 0 Å². The molecule has 0 spiro atoms. The molecule has 1 amide bonds. The zero-order chi connectivity index (χ0) is 8.85. The van der Waals surface area contributed by atoms with Crippen LogP contribution in [0.5, 0.6) is 0 Å². The molecule has 1 atom stereocenters. The molecule has 0 heterocycles. The SMILES string of the molecule is CCNC(=O)CC(N)C(C)C. The second-order valence-electron chi connectivity index (χ2n) is 3.07. The van der Waals surface area contributed by atoms with Gasteiger partial charge in [-0.2, -0.15) is 0 Å². The van der Waals surface area contributed by atoms with E-state index >= 15 is 0 Å². The maximum Gasteiger partial charge on any atom is 0.221 e. The second kappa shape index (κ2) is 5.13. The van der Waals surface area contributed by atoms with Gasteiger partial charge in [-0.3, -0.25) is 4.79 Å². The predicted octanol–water partition coefficient (Wildman–Crippen LogP) is 0.496. The minimum absolute atomic E-state index is 0.0125. The summed E-state index contributed by atoms with van der Waals surface area (Å²) in [5, 5.41) is 2.71. The van der Waals surface area contributed by atoms with Gasteiger partial charge >= 0.3 is 0 Å². The normalized spacial score (nSPS) is 13.2. The Morgan fingerprint density at radius 3 is 2.45 bits per heavy atom. The van der Waals surface area contributed by atoms with Crippen molar-refractivity contribution < 1.29 is 4.79 Å². The lowest BCUT2D eigenvalue weighted by atomic mass is 10.0. The maximum atomic E-state index is 11.0. The molecule has 0 fully saturated rings. The van der Waals surface area contributed by atoms with E-state index in [1.807, 2.05) is 20.8 Å². The van der Waals surface area contributed by atoms with Crippen molar-refractivity contribution in [1.82, 2.24) is 5.32 Å². The highest BCUT2D eigenvalue weighted by Crippen LogP contribution is 2.01. The van der Waals surface area contributed by atoms with Crippen LogP contribution >= 0.6 is 0 Å². The van der Waals surface area contributed by atoms with Gasteiger partial charge in [0.2, 0.25) is 5.91 Å². The maximum absolute atomic E-state index is 11.0. The van der Waals surface area contributed by atoms with E-state index in [2.05, 4.69) is 5.32 Å². The number of carbonyl (C=O) groups excluding carboxylic acids is 1. The van der Waals surface area contributed by atoms with Gasteiger partial charge in [-0.1, -0.05) is 13.8 Å². The van der Waals surface area contributed by atoms with Gasteiger partial charge in [-0.15, -0.1) is 0 Å². The van der Waals surface area contributed by atoms with Crippen molar-refractivity contribution in [2.24, 2.45) is 11.7 Å². The highest BCUT2D eigenvalue weighted by atomic mass is 16.1. The van der Waals surface area contributed by atoms with Crippen LogP contribution in [0, 0.1) is 5.92 Å². The Bertz CT molecular complexity index is 123. The monoisotopic (exact) mass is 158 g/mol. The molecule has 0 aromatic heterocycles. The molecule has 3 nitrogen and oxygen atoms in total. The topological polar surface area (TPSA) is 55.1 Å². The Balaban J connectivity index is 3.57. The van der Waals surface area contributed by atoms with Gasteiger partial charge in [-0.25, -0.2) is 0 Å². The van der Waals surface area contributed by atoms with Crippen molar-refractivity contribution >= 4 is 5.91 Å². The molecule has 0 saturated heterocycles. The molecule has 0 aliphatic heterocycles. The van der Waals surface area contributed by atoms with Crippen LogP contribution in [0.4, 0.5) is 0 Å². The molecule has 0 radical (unpaired) electrons. The van der Waals surface area contributed by atoms with Gasteiger partial charge in [0.1, 0.15) is 0 Å². The fraction of sp³-hybridized carbons (Fsp3) is 0.875. The van der Waals surface area contributed by atoms with Crippen LogP contribution in [-0.4, -0.2) is 18.5 Å². The second-order valence-corrected chi connectivity index (χ2v) is 3.07. The molecule has 0 aliphatic rings. The van der Waals surface area contributed by atoms with Crippen molar-refractivity contribution in [2.75, 3.05) is 6.54 Å². The number of amides is 1. The van der Waals surface area contributed by atoms with E-state index in [9.17, 15) is 4.79 Å². The zero-order valence-corrected chi connectivity index (χ0v) is 7.55.